The molecule has 1 amide bonds. The summed E-state index contributed by atoms with van der Waals surface area (Å²) in [6.07, 6.45) is -3.40. The van der Waals surface area contributed by atoms with Gasteiger partial charge >= 0.3 is 6.36 Å². The third-order valence-corrected chi connectivity index (χ3v) is 4.64. The number of benzene rings is 1. The van der Waals surface area contributed by atoms with Crippen LogP contribution in [0.1, 0.15) is 35.8 Å². The van der Waals surface area contributed by atoms with Gasteiger partial charge in [0.2, 0.25) is 5.88 Å². The van der Waals surface area contributed by atoms with Crippen molar-refractivity contribution in [2.75, 3.05) is 18.8 Å². The van der Waals surface area contributed by atoms with E-state index in [1.807, 2.05) is 6.92 Å². The first-order chi connectivity index (χ1) is 12.2. The molecular formula is C17H18F3N3O3. The molecule has 0 spiro atoms. The Morgan fingerprint density at radius 1 is 1.27 bits per heavy atom. The fraction of sp³-hybridized carbons (Fsp3) is 0.412. The smallest absolute Gasteiger partial charge is 0.406 e. The monoisotopic (exact) mass is 369 g/mol. The maximum absolute atomic E-state index is 12.6. The number of amides is 1. The van der Waals surface area contributed by atoms with Gasteiger partial charge in [-0.1, -0.05) is 12.1 Å². The van der Waals surface area contributed by atoms with Crippen LogP contribution in [0.15, 0.2) is 34.9 Å². The standard InChI is InChI=1S/C17H18F3N3O3/c1-16(13-10-14(21)26-22-13)6-8-23(9-7-16)15(24)11-2-4-12(5-3-11)25-17(18,19)20/h2-5,10H,6-9,21H2,1H3. The average molecular weight is 369 g/mol. The van der Waals surface area contributed by atoms with Crippen LogP contribution < -0.4 is 10.5 Å². The highest BCUT2D eigenvalue weighted by Crippen LogP contribution is 2.35. The maximum atomic E-state index is 12.6. The van der Waals surface area contributed by atoms with Crippen molar-refractivity contribution in [3.8, 4) is 5.75 Å². The van der Waals surface area contributed by atoms with Crippen LogP contribution in [0.25, 0.3) is 0 Å². The third kappa shape index (κ3) is 3.92. The summed E-state index contributed by atoms with van der Waals surface area (Å²) in [7, 11) is 0. The molecule has 0 bridgehead atoms. The molecule has 9 heteroatoms. The summed E-state index contributed by atoms with van der Waals surface area (Å²) in [5.41, 5.74) is 6.41. The van der Waals surface area contributed by atoms with E-state index in [-0.39, 0.29) is 23.0 Å². The molecule has 0 unspecified atom stereocenters. The zero-order valence-corrected chi connectivity index (χ0v) is 14.0. The first kappa shape index (κ1) is 18.1. The van der Waals surface area contributed by atoms with Gasteiger partial charge in [-0.15, -0.1) is 13.2 Å². The number of nitrogens with two attached hydrogens (primary N) is 1. The van der Waals surface area contributed by atoms with Crippen molar-refractivity contribution in [2.24, 2.45) is 0 Å². The second-order valence-electron chi connectivity index (χ2n) is 6.54. The number of nitrogen functional groups attached to an aromatic ring is 1. The lowest BCUT2D eigenvalue weighted by atomic mass is 9.77. The van der Waals surface area contributed by atoms with E-state index in [0.717, 1.165) is 17.8 Å². The molecule has 0 radical (unpaired) electrons. The van der Waals surface area contributed by atoms with Crippen LogP contribution in [0, 0.1) is 0 Å². The van der Waals surface area contributed by atoms with Crippen LogP contribution in [-0.4, -0.2) is 35.4 Å². The zero-order chi connectivity index (χ0) is 18.9. The van der Waals surface area contributed by atoms with Crippen molar-refractivity contribution in [1.29, 1.82) is 0 Å². The number of piperidine rings is 1. The molecule has 2 N–H and O–H groups in total. The Balaban J connectivity index is 1.63. The first-order valence-corrected chi connectivity index (χ1v) is 8.04. The molecule has 1 fully saturated rings. The number of anilines is 1. The lowest BCUT2D eigenvalue weighted by Crippen LogP contribution is -2.44. The van der Waals surface area contributed by atoms with Crippen LogP contribution in [-0.2, 0) is 5.41 Å². The second kappa shape index (κ2) is 6.54. The Morgan fingerprint density at radius 3 is 2.38 bits per heavy atom. The molecule has 140 valence electrons. The fourth-order valence-corrected chi connectivity index (χ4v) is 3.01. The van der Waals surface area contributed by atoms with E-state index in [2.05, 4.69) is 9.89 Å². The number of aromatic nitrogens is 1. The summed E-state index contributed by atoms with van der Waals surface area (Å²) in [5.74, 6) is -0.338. The SMILES string of the molecule is CC1(c2cc(N)on2)CCN(C(=O)c2ccc(OC(F)(F)F)cc2)CC1. The average Bonchev–Trinajstić information content (AvgIpc) is 3.02. The van der Waals surface area contributed by atoms with E-state index in [1.165, 1.54) is 12.1 Å². The predicted octanol–water partition coefficient (Wildman–Crippen LogP) is 3.35. The largest absolute Gasteiger partial charge is 0.573 e. The second-order valence-corrected chi connectivity index (χ2v) is 6.54. The molecule has 1 aliphatic heterocycles. The Hall–Kier alpha value is -2.71. The highest BCUT2D eigenvalue weighted by atomic mass is 19.4. The van der Waals surface area contributed by atoms with Crippen molar-refractivity contribution in [1.82, 2.24) is 10.1 Å². The van der Waals surface area contributed by atoms with Crippen molar-refractivity contribution in [3.05, 3.63) is 41.6 Å². The molecule has 3 rings (SSSR count). The van der Waals surface area contributed by atoms with Gasteiger partial charge in [0, 0.05) is 30.1 Å². The Labute approximate surface area is 147 Å². The van der Waals surface area contributed by atoms with Crippen molar-refractivity contribution in [2.45, 2.75) is 31.5 Å². The van der Waals surface area contributed by atoms with Crippen LogP contribution >= 0.6 is 0 Å². The predicted molar refractivity (Wildman–Crippen MR) is 86.5 cm³/mol. The van der Waals surface area contributed by atoms with Crippen molar-refractivity contribution >= 4 is 11.8 Å². The quantitative estimate of drug-likeness (QED) is 0.897. The molecule has 1 aromatic heterocycles. The lowest BCUT2D eigenvalue weighted by Gasteiger charge is -2.38. The summed E-state index contributed by atoms with van der Waals surface area (Å²) in [6, 6.07) is 6.61. The number of alkyl halides is 3. The van der Waals surface area contributed by atoms with Crippen molar-refractivity contribution < 1.29 is 27.2 Å². The number of hydrogen-bond acceptors (Lipinski definition) is 5. The van der Waals surface area contributed by atoms with Crippen LogP contribution in [0.2, 0.25) is 0 Å². The van der Waals surface area contributed by atoms with Gasteiger partial charge in [-0.3, -0.25) is 4.79 Å². The summed E-state index contributed by atoms with van der Waals surface area (Å²) in [5, 5.41) is 3.97. The molecule has 26 heavy (non-hydrogen) atoms. The normalized spacial score (nSPS) is 17.2. The molecule has 0 atom stereocenters. The molecule has 2 heterocycles. The van der Waals surface area contributed by atoms with Crippen LogP contribution in [0.3, 0.4) is 0 Å². The topological polar surface area (TPSA) is 81.6 Å². The number of rotatable bonds is 3. The molecule has 1 aliphatic rings. The molecule has 2 aromatic rings. The number of halogens is 3. The molecule has 0 aliphatic carbocycles. The van der Waals surface area contributed by atoms with Gasteiger partial charge in [-0.2, -0.15) is 0 Å². The summed E-state index contributed by atoms with van der Waals surface area (Å²) in [6.45, 7) is 3.04. The molecule has 1 aromatic carbocycles. The van der Waals surface area contributed by atoms with Gasteiger partial charge in [0.15, 0.2) is 0 Å². The highest BCUT2D eigenvalue weighted by molar-refractivity contribution is 5.94. The van der Waals surface area contributed by atoms with E-state index >= 15 is 0 Å². The summed E-state index contributed by atoms with van der Waals surface area (Å²) in [4.78, 5) is 14.2. The van der Waals surface area contributed by atoms with Gasteiger partial charge in [0.1, 0.15) is 5.75 Å². The number of likely N-dealkylation sites (tertiary alicyclic amines) is 1. The fourth-order valence-electron chi connectivity index (χ4n) is 3.01. The zero-order valence-electron chi connectivity index (χ0n) is 14.0. The minimum Gasteiger partial charge on any atom is -0.406 e. The van der Waals surface area contributed by atoms with E-state index < -0.39 is 6.36 Å². The van der Waals surface area contributed by atoms with Gasteiger partial charge in [0.25, 0.3) is 5.91 Å². The van der Waals surface area contributed by atoms with Gasteiger partial charge in [-0.25, -0.2) is 0 Å². The number of nitrogens with zero attached hydrogens (tertiary/aromatic N) is 2. The van der Waals surface area contributed by atoms with Crippen molar-refractivity contribution in [3.63, 3.8) is 0 Å². The number of hydrogen-bond donors (Lipinski definition) is 1. The summed E-state index contributed by atoms with van der Waals surface area (Å²) >= 11 is 0. The lowest BCUT2D eigenvalue weighted by molar-refractivity contribution is -0.274. The number of carbonyl (C=O) groups excluding carboxylic acids is 1. The van der Waals surface area contributed by atoms with E-state index in [9.17, 15) is 18.0 Å². The highest BCUT2D eigenvalue weighted by Gasteiger charge is 2.36. The van der Waals surface area contributed by atoms with E-state index in [1.54, 1.807) is 11.0 Å². The number of ether oxygens (including phenoxy) is 1. The third-order valence-electron chi connectivity index (χ3n) is 4.64. The van der Waals surface area contributed by atoms with Crippen LogP contribution in [0.5, 0.6) is 5.75 Å². The minimum absolute atomic E-state index is 0.231. The number of carbonyl (C=O) groups is 1. The molecular weight excluding hydrogens is 351 g/mol. The maximum Gasteiger partial charge on any atom is 0.573 e. The molecule has 1 saturated heterocycles. The Kier molecular flexibility index (Phi) is 4.55. The van der Waals surface area contributed by atoms with Crippen LogP contribution in [0.4, 0.5) is 19.1 Å². The van der Waals surface area contributed by atoms with E-state index in [4.69, 9.17) is 10.3 Å². The summed E-state index contributed by atoms with van der Waals surface area (Å²) < 4.78 is 45.3. The van der Waals surface area contributed by atoms with Gasteiger partial charge in [0.05, 0.1) is 5.69 Å². The first-order valence-electron chi connectivity index (χ1n) is 8.04. The molecule has 6 nitrogen and oxygen atoms in total. The minimum atomic E-state index is -4.76. The van der Waals surface area contributed by atoms with E-state index in [0.29, 0.717) is 31.5 Å². The Bertz CT molecular complexity index is 779. The Morgan fingerprint density at radius 2 is 1.88 bits per heavy atom. The molecule has 0 saturated carbocycles. The van der Waals surface area contributed by atoms with Gasteiger partial charge in [-0.05, 0) is 37.1 Å². The van der Waals surface area contributed by atoms with Gasteiger partial charge < -0.3 is 19.9 Å².